The Morgan fingerprint density at radius 3 is 0.865 bits per heavy atom. The fourth-order valence-corrected chi connectivity index (χ4v) is 15.7. The topological polar surface area (TPSA) is 121 Å². The Morgan fingerprint density at radius 1 is 0.323 bits per heavy atom. The molecule has 0 spiro atoms. The first kappa shape index (κ1) is 76.0. The van der Waals surface area contributed by atoms with E-state index in [0.29, 0.717) is 10.8 Å². The molecule has 0 aliphatic carbocycles. The molecule has 0 saturated carbocycles. The van der Waals surface area contributed by atoms with Gasteiger partial charge >= 0.3 is 11.7 Å². The number of fused-ring (bicyclic) bond motifs is 1. The van der Waals surface area contributed by atoms with E-state index in [1.54, 1.807) is 47.0 Å². The van der Waals surface area contributed by atoms with Crippen LogP contribution in [-0.2, 0) is 78.7 Å². The quantitative estimate of drug-likeness (QED) is 0.0313. The van der Waals surface area contributed by atoms with Crippen LogP contribution in [0.2, 0.25) is 0 Å². The third-order valence-corrected chi connectivity index (χ3v) is 22.5. The Bertz CT molecular complexity index is 3850. The van der Waals surface area contributed by atoms with E-state index >= 15 is 0 Å². The van der Waals surface area contributed by atoms with E-state index in [2.05, 4.69) is 275 Å². The molecule has 0 aliphatic heterocycles. The van der Waals surface area contributed by atoms with Crippen LogP contribution in [0.4, 0.5) is 11.4 Å². The molecule has 0 bridgehead atoms. The van der Waals surface area contributed by atoms with Crippen LogP contribution in [-0.4, -0.2) is 19.8 Å². The summed E-state index contributed by atoms with van der Waals surface area (Å²) in [6, 6.07) is 43.8. The van der Waals surface area contributed by atoms with Crippen molar-refractivity contribution < 1.29 is 14.6 Å². The zero-order chi connectivity index (χ0) is 71.1. The van der Waals surface area contributed by atoms with Gasteiger partial charge < -0.3 is 4.74 Å². The second-order valence-electron chi connectivity index (χ2n) is 34.2. The average Bonchev–Trinajstić information content (AvgIpc) is 0.761. The normalized spacial score (nSPS) is 13.0. The standard InChI is InChI=1S/C82H104N4O5S5/c1-75(2,3)57-25-52(26-58(37-57)76(4,5)6)46-92-66-33-51(34-67(43-66)93-47-53-27-59(77(7,8)9)38-60(28-53)78(10,11)12)45-91-74-83-72-70(41-65(85(87)88)42-71(72)86(89)90)73(84-74)96-50-56-35-68(94-48-54-29-61(79(13,14)15)39-62(30-54)80(16,17)18)44-69(36-56)95-49-55-31-63(81(19,20)21)40-64(32-55)82(22,23)24/h25-44H,45-50H2,1-24H3. The minimum absolute atomic E-state index is 0.0294. The summed E-state index contributed by atoms with van der Waals surface area (Å²) < 4.78 is 6.64. The van der Waals surface area contributed by atoms with Crippen LogP contribution < -0.4 is 4.74 Å². The Hall–Kier alpha value is -5.77. The molecule has 0 atom stereocenters. The zero-order valence-corrected chi connectivity index (χ0v) is 65.7. The number of nitro groups is 2. The molecular formula is C82H104N4O5S5. The predicted octanol–water partition coefficient (Wildman–Crippen LogP) is 24.9. The number of hydrogen-bond acceptors (Lipinski definition) is 12. The van der Waals surface area contributed by atoms with Gasteiger partial charge in [-0.15, -0.1) is 58.8 Å². The van der Waals surface area contributed by atoms with Gasteiger partial charge in [-0.25, -0.2) is 0 Å². The highest BCUT2D eigenvalue weighted by Crippen LogP contribution is 2.43. The molecule has 0 N–H and O–H groups in total. The van der Waals surface area contributed by atoms with Crippen molar-refractivity contribution in [2.24, 2.45) is 0 Å². The third kappa shape index (κ3) is 20.7. The lowest BCUT2D eigenvalue weighted by Crippen LogP contribution is -2.17. The minimum Gasteiger partial charge on any atom is -0.459 e. The molecule has 0 radical (unpaired) electrons. The number of benzene rings is 7. The SMILES string of the molecule is CC(C)(C)c1cc(CSc2cc(COc3nc(SCc4cc(SCc5cc(C(C)(C)C)cc(C(C)(C)C)c5)cc(SCc5cc(C(C)(C)C)cc(C(C)(C)C)c5)c4)c4cc([N+](=O)[O-])cc([N+](=O)[O-])c4n3)cc(SCc3cc(C(C)(C)C)cc(C(C)(C)C)c3)c2)cc(C(C)(C)C)c1. The molecule has 0 fully saturated rings. The maximum absolute atomic E-state index is 13.0. The Kier molecular flexibility index (Phi) is 23.1. The van der Waals surface area contributed by atoms with Gasteiger partial charge in [-0.3, -0.25) is 20.2 Å². The van der Waals surface area contributed by atoms with E-state index in [1.807, 2.05) is 0 Å². The van der Waals surface area contributed by atoms with E-state index in [-0.39, 0.29) is 66.8 Å². The number of nitro benzene ring substituents is 2. The van der Waals surface area contributed by atoms with E-state index in [1.165, 1.54) is 84.6 Å². The minimum atomic E-state index is -0.610. The first-order chi connectivity index (χ1) is 44.1. The lowest BCUT2D eigenvalue weighted by Gasteiger charge is -2.26. The van der Waals surface area contributed by atoms with Crippen LogP contribution in [0.15, 0.2) is 146 Å². The molecule has 9 nitrogen and oxygen atoms in total. The molecular weight excluding hydrogens is 1280 g/mol. The number of non-ortho nitro benzene ring substituents is 2. The smallest absolute Gasteiger partial charge is 0.318 e. The second kappa shape index (κ2) is 29.2. The van der Waals surface area contributed by atoms with Crippen LogP contribution in [0.1, 0.15) is 244 Å². The summed E-state index contributed by atoms with van der Waals surface area (Å²) in [7, 11) is 0. The summed E-state index contributed by atoms with van der Waals surface area (Å²) in [5.74, 6) is 3.43. The summed E-state index contributed by atoms with van der Waals surface area (Å²) in [5.41, 5.74) is 16.2. The van der Waals surface area contributed by atoms with Crippen molar-refractivity contribution in [3.05, 3.63) is 219 Å². The van der Waals surface area contributed by atoms with Crippen LogP contribution >= 0.6 is 58.8 Å². The van der Waals surface area contributed by atoms with Crippen molar-refractivity contribution in [1.82, 2.24) is 9.97 Å². The third-order valence-electron chi connectivity index (χ3n) is 17.3. The summed E-state index contributed by atoms with van der Waals surface area (Å²) in [6.07, 6.45) is 0. The van der Waals surface area contributed by atoms with Gasteiger partial charge in [-0.2, -0.15) is 9.97 Å². The van der Waals surface area contributed by atoms with Crippen LogP contribution in [0, 0.1) is 20.2 Å². The molecule has 0 saturated heterocycles. The van der Waals surface area contributed by atoms with Crippen molar-refractivity contribution >= 4 is 81.1 Å². The molecule has 1 aromatic heterocycles. The molecule has 0 unspecified atom stereocenters. The summed E-state index contributed by atoms with van der Waals surface area (Å²) in [6.45, 7) is 54.5. The molecule has 0 aliphatic rings. The highest BCUT2D eigenvalue weighted by molar-refractivity contribution is 8.00. The lowest BCUT2D eigenvalue weighted by atomic mass is 9.80. The number of thioether (sulfide) groups is 5. The van der Waals surface area contributed by atoms with Crippen LogP contribution in [0.25, 0.3) is 10.9 Å². The summed E-state index contributed by atoms with van der Waals surface area (Å²) in [5, 5.41) is 26.1. The molecule has 96 heavy (non-hydrogen) atoms. The maximum atomic E-state index is 13.0. The van der Waals surface area contributed by atoms with Gasteiger partial charge in [-0.1, -0.05) is 239 Å². The fourth-order valence-electron chi connectivity index (χ4n) is 10.9. The monoisotopic (exact) mass is 1380 g/mol. The molecule has 8 aromatic rings. The largest absolute Gasteiger partial charge is 0.459 e. The van der Waals surface area contributed by atoms with Crippen LogP contribution in [0.5, 0.6) is 6.01 Å². The van der Waals surface area contributed by atoms with E-state index in [0.717, 1.165) is 59.8 Å². The Morgan fingerprint density at radius 2 is 0.594 bits per heavy atom. The second-order valence-corrected chi connectivity index (χ2v) is 39.4. The van der Waals surface area contributed by atoms with E-state index in [4.69, 9.17) is 14.7 Å². The fraction of sp³-hybridized carbons (Fsp3) is 0.463. The number of ether oxygens (including phenoxy) is 1. The lowest BCUT2D eigenvalue weighted by molar-refractivity contribution is -0.393. The molecule has 8 rings (SSSR count). The molecule has 0 amide bonds. The van der Waals surface area contributed by atoms with Gasteiger partial charge in [0.1, 0.15) is 11.6 Å². The van der Waals surface area contributed by atoms with Crippen LogP contribution in [0.3, 0.4) is 0 Å². The average molecular weight is 1390 g/mol. The number of aromatic nitrogens is 2. The van der Waals surface area contributed by atoms with Crippen molar-refractivity contribution in [2.75, 3.05) is 0 Å². The van der Waals surface area contributed by atoms with Gasteiger partial charge in [0.2, 0.25) is 0 Å². The van der Waals surface area contributed by atoms with Gasteiger partial charge in [0.15, 0.2) is 5.52 Å². The zero-order valence-electron chi connectivity index (χ0n) is 61.7. The van der Waals surface area contributed by atoms with E-state index < -0.39 is 21.2 Å². The molecule has 1 heterocycles. The predicted molar refractivity (Wildman–Crippen MR) is 413 cm³/mol. The summed E-state index contributed by atoms with van der Waals surface area (Å²) in [4.78, 5) is 38.4. The molecule has 512 valence electrons. The number of hydrogen-bond donors (Lipinski definition) is 0. The van der Waals surface area contributed by atoms with Gasteiger partial charge in [0.05, 0.1) is 15.9 Å². The van der Waals surface area contributed by atoms with Gasteiger partial charge in [-0.05, 0) is 158 Å². The van der Waals surface area contributed by atoms with E-state index in [9.17, 15) is 20.2 Å². The Labute approximate surface area is 596 Å². The van der Waals surface area contributed by atoms with Crippen molar-refractivity contribution in [1.29, 1.82) is 0 Å². The highest BCUT2D eigenvalue weighted by Gasteiger charge is 2.28. The Balaban J connectivity index is 1.18. The number of nitrogens with zero attached hydrogens (tertiary/aromatic N) is 4. The van der Waals surface area contributed by atoms with Crippen molar-refractivity contribution in [2.45, 2.75) is 269 Å². The van der Waals surface area contributed by atoms with Gasteiger partial charge in [0.25, 0.3) is 5.69 Å². The van der Waals surface area contributed by atoms with Gasteiger partial charge in [0, 0.05) is 59.8 Å². The van der Waals surface area contributed by atoms with Crippen molar-refractivity contribution in [3.8, 4) is 6.01 Å². The molecule has 14 heteroatoms. The highest BCUT2D eigenvalue weighted by atomic mass is 32.2. The van der Waals surface area contributed by atoms with Crippen molar-refractivity contribution in [3.63, 3.8) is 0 Å². The molecule has 7 aromatic carbocycles. The maximum Gasteiger partial charge on any atom is 0.318 e. The summed E-state index contributed by atoms with van der Waals surface area (Å²) >= 11 is 8.55. The first-order valence-corrected chi connectivity index (χ1v) is 38.4. The number of rotatable bonds is 20. The first-order valence-electron chi connectivity index (χ1n) is 33.4.